The third-order valence-electron chi connectivity index (χ3n) is 4.98. The number of carbonyl (C=O) groups is 1. The Labute approximate surface area is 234 Å². The van der Waals surface area contributed by atoms with Gasteiger partial charge in [0.2, 0.25) is 0 Å². The van der Waals surface area contributed by atoms with Gasteiger partial charge in [-0.3, -0.25) is 24.6 Å². The van der Waals surface area contributed by atoms with Crippen LogP contribution < -0.4 is 14.8 Å². The normalized spacial score (nSPS) is 11.0. The summed E-state index contributed by atoms with van der Waals surface area (Å²) in [7, 11) is -4.16. The van der Waals surface area contributed by atoms with Crippen LogP contribution in [0.25, 0.3) is 0 Å². The van der Waals surface area contributed by atoms with E-state index in [0.29, 0.717) is 16.5 Å². The van der Waals surface area contributed by atoms with Crippen LogP contribution in [0.2, 0.25) is 10.0 Å². The van der Waals surface area contributed by atoms with E-state index in [-0.39, 0.29) is 31.3 Å². The summed E-state index contributed by atoms with van der Waals surface area (Å²) >= 11 is 15.3. The molecule has 0 atom stereocenters. The first-order valence-electron chi connectivity index (χ1n) is 10.5. The maximum absolute atomic E-state index is 13.1. The van der Waals surface area contributed by atoms with Crippen molar-refractivity contribution in [2.45, 2.75) is 4.90 Å². The van der Waals surface area contributed by atoms with Crippen LogP contribution in [-0.4, -0.2) is 24.2 Å². The standard InChI is InChI=1S/C24H15BrCl2N4O6S/c25-18-12-28-13-21(31(33)34)23(18)29-24(32)17-11-14(26)5-10-20(17)30-38(35,36)16-8-6-15(7-9-16)37-22-4-2-1-3-19(22)27/h1-13,30H,(H,28,29,32). The van der Waals surface area contributed by atoms with Crippen LogP contribution in [0, 0.1) is 10.1 Å². The summed E-state index contributed by atoms with van der Waals surface area (Å²) in [5.41, 5.74) is -0.886. The molecule has 0 saturated carbocycles. The molecular formula is C24H15BrCl2N4O6S. The predicted octanol–water partition coefficient (Wildman–Crippen LogP) is 6.90. The molecule has 2 N–H and O–H groups in total. The summed E-state index contributed by atoms with van der Waals surface area (Å²) in [6.07, 6.45) is 2.24. The molecule has 0 spiro atoms. The van der Waals surface area contributed by atoms with Crippen molar-refractivity contribution in [3.63, 3.8) is 0 Å². The number of hydrogen-bond acceptors (Lipinski definition) is 7. The number of carbonyl (C=O) groups excluding carboxylic acids is 1. The molecule has 38 heavy (non-hydrogen) atoms. The molecule has 0 bridgehead atoms. The third kappa shape index (κ3) is 6.22. The summed E-state index contributed by atoms with van der Waals surface area (Å²) in [6, 6.07) is 16.3. The fraction of sp³-hybridized carbons (Fsp3) is 0. The molecule has 4 rings (SSSR count). The summed E-state index contributed by atoms with van der Waals surface area (Å²) in [5, 5.41) is 14.3. The van der Waals surface area contributed by atoms with Crippen molar-refractivity contribution >= 4 is 72.1 Å². The van der Waals surface area contributed by atoms with E-state index in [0.717, 1.165) is 6.20 Å². The highest BCUT2D eigenvalue weighted by atomic mass is 79.9. The predicted molar refractivity (Wildman–Crippen MR) is 147 cm³/mol. The molecule has 3 aromatic carbocycles. The number of benzene rings is 3. The van der Waals surface area contributed by atoms with Gasteiger partial charge in [-0.2, -0.15) is 0 Å². The average Bonchev–Trinajstić information content (AvgIpc) is 2.87. The number of nitro groups is 1. The summed E-state index contributed by atoms with van der Waals surface area (Å²) in [5.74, 6) is -0.0855. The highest BCUT2D eigenvalue weighted by molar-refractivity contribution is 9.10. The Morgan fingerprint density at radius 2 is 1.74 bits per heavy atom. The number of halogens is 3. The molecular weight excluding hydrogens is 623 g/mol. The largest absolute Gasteiger partial charge is 0.456 e. The zero-order valence-corrected chi connectivity index (χ0v) is 22.8. The van der Waals surface area contributed by atoms with Crippen molar-refractivity contribution in [3.05, 3.63) is 109 Å². The van der Waals surface area contributed by atoms with E-state index in [1.165, 1.54) is 48.7 Å². The molecule has 0 radical (unpaired) electrons. The number of ether oxygens (including phenoxy) is 1. The van der Waals surface area contributed by atoms with Gasteiger partial charge in [-0.05, 0) is 70.5 Å². The molecule has 1 aromatic heterocycles. The van der Waals surface area contributed by atoms with E-state index in [4.69, 9.17) is 27.9 Å². The van der Waals surface area contributed by atoms with Gasteiger partial charge in [-0.25, -0.2) is 8.42 Å². The number of hydrogen-bond donors (Lipinski definition) is 2. The van der Waals surface area contributed by atoms with E-state index >= 15 is 0 Å². The second-order valence-electron chi connectivity index (χ2n) is 7.53. The molecule has 0 saturated heterocycles. The number of anilines is 2. The van der Waals surface area contributed by atoms with E-state index < -0.39 is 26.5 Å². The van der Waals surface area contributed by atoms with Crippen LogP contribution >= 0.6 is 39.1 Å². The molecule has 1 amide bonds. The van der Waals surface area contributed by atoms with Gasteiger partial charge in [0, 0.05) is 11.2 Å². The molecule has 0 aliphatic rings. The summed E-state index contributed by atoms with van der Waals surface area (Å²) < 4.78 is 34.4. The van der Waals surface area contributed by atoms with Gasteiger partial charge in [0.15, 0.2) is 0 Å². The number of aromatic nitrogens is 1. The number of rotatable bonds is 8. The lowest BCUT2D eigenvalue weighted by Crippen LogP contribution is -2.19. The van der Waals surface area contributed by atoms with Gasteiger partial charge in [0.25, 0.3) is 15.9 Å². The van der Waals surface area contributed by atoms with E-state index in [9.17, 15) is 23.3 Å². The quantitative estimate of drug-likeness (QED) is 0.158. The molecule has 0 unspecified atom stereocenters. The smallest absolute Gasteiger partial charge is 0.312 e. The lowest BCUT2D eigenvalue weighted by atomic mass is 10.1. The maximum atomic E-state index is 13.1. The molecule has 0 fully saturated rings. The van der Waals surface area contributed by atoms with Crippen LogP contribution in [0.1, 0.15) is 10.4 Å². The minimum absolute atomic E-state index is 0.101. The topological polar surface area (TPSA) is 141 Å². The highest BCUT2D eigenvalue weighted by Crippen LogP contribution is 2.33. The number of para-hydroxylation sites is 1. The molecule has 1 heterocycles. The van der Waals surface area contributed by atoms with Gasteiger partial charge in [0.05, 0.1) is 30.6 Å². The van der Waals surface area contributed by atoms with Crippen molar-refractivity contribution in [2.24, 2.45) is 0 Å². The Hall–Kier alpha value is -3.71. The lowest BCUT2D eigenvalue weighted by Gasteiger charge is -2.14. The molecule has 4 aromatic rings. The first kappa shape index (κ1) is 27.3. The average molecular weight is 638 g/mol. The number of amides is 1. The maximum Gasteiger partial charge on any atom is 0.312 e. The van der Waals surface area contributed by atoms with Gasteiger partial charge < -0.3 is 10.1 Å². The zero-order valence-electron chi connectivity index (χ0n) is 18.9. The lowest BCUT2D eigenvalue weighted by molar-refractivity contribution is -0.384. The van der Waals surface area contributed by atoms with Gasteiger partial charge in [0.1, 0.15) is 23.4 Å². The van der Waals surface area contributed by atoms with E-state index in [1.54, 1.807) is 24.3 Å². The highest BCUT2D eigenvalue weighted by Gasteiger charge is 2.24. The summed E-state index contributed by atoms with van der Waals surface area (Å²) in [4.78, 5) is 27.4. The van der Waals surface area contributed by atoms with E-state index in [1.807, 2.05) is 0 Å². The van der Waals surface area contributed by atoms with Crippen LogP contribution in [0.15, 0.2) is 88.5 Å². The van der Waals surface area contributed by atoms with Crippen LogP contribution in [0.4, 0.5) is 17.1 Å². The Kier molecular flexibility index (Phi) is 8.17. The molecule has 14 heteroatoms. The summed E-state index contributed by atoms with van der Waals surface area (Å²) in [6.45, 7) is 0. The van der Waals surface area contributed by atoms with Crippen LogP contribution in [0.5, 0.6) is 11.5 Å². The minimum atomic E-state index is -4.16. The second-order valence-corrected chi connectivity index (χ2v) is 10.9. The van der Waals surface area contributed by atoms with Crippen molar-refractivity contribution < 1.29 is 22.9 Å². The van der Waals surface area contributed by atoms with Crippen molar-refractivity contribution in [1.82, 2.24) is 4.98 Å². The molecule has 0 aliphatic carbocycles. The monoisotopic (exact) mass is 636 g/mol. The fourth-order valence-electron chi connectivity index (χ4n) is 3.21. The number of nitrogens with zero attached hydrogens (tertiary/aromatic N) is 2. The van der Waals surface area contributed by atoms with Gasteiger partial charge in [-0.15, -0.1) is 0 Å². The van der Waals surface area contributed by atoms with Crippen molar-refractivity contribution in [2.75, 3.05) is 10.0 Å². The van der Waals surface area contributed by atoms with Crippen molar-refractivity contribution in [1.29, 1.82) is 0 Å². The van der Waals surface area contributed by atoms with Gasteiger partial charge >= 0.3 is 5.69 Å². The van der Waals surface area contributed by atoms with Crippen LogP contribution in [0.3, 0.4) is 0 Å². The fourth-order valence-corrected chi connectivity index (χ4v) is 5.05. The van der Waals surface area contributed by atoms with E-state index in [2.05, 4.69) is 31.0 Å². The molecule has 10 nitrogen and oxygen atoms in total. The number of pyridine rings is 1. The first-order chi connectivity index (χ1) is 18.0. The second kappa shape index (κ2) is 11.4. The number of sulfonamides is 1. The Morgan fingerprint density at radius 3 is 2.42 bits per heavy atom. The minimum Gasteiger partial charge on any atom is -0.456 e. The third-order valence-corrected chi connectivity index (χ3v) is 7.51. The first-order valence-corrected chi connectivity index (χ1v) is 13.5. The SMILES string of the molecule is O=C(Nc1c(Br)cncc1[N+](=O)[O-])c1cc(Cl)ccc1NS(=O)(=O)c1ccc(Oc2ccccc2Cl)cc1. The molecule has 194 valence electrons. The number of nitrogens with one attached hydrogen (secondary N) is 2. The zero-order chi connectivity index (χ0) is 27.4. The van der Waals surface area contributed by atoms with Crippen molar-refractivity contribution in [3.8, 4) is 11.5 Å². The molecule has 0 aliphatic heterocycles. The Balaban J connectivity index is 1.59. The van der Waals surface area contributed by atoms with Crippen LogP contribution in [-0.2, 0) is 10.0 Å². The van der Waals surface area contributed by atoms with Gasteiger partial charge in [-0.1, -0.05) is 35.3 Å². The Bertz CT molecular complexity index is 1650. The Morgan fingerprint density at radius 1 is 1.03 bits per heavy atom.